The standard InChI is InChI=1S/C47H52FN3O9/c1-26-18-38-37-11-9-31-20-33(52)12-15-44(31,2)46(37,48)39(53)22-45(38,3)47(26,58)40(54)25-60-43(57)36-21-35(36)42(56)59-24-27-4-6-28(7-5-27)34(13-16-49)41(55)51-32-10-8-30-23-50-17-14-29(30)19-32/h4-8,10,12,14-15,17,19-20,23,26,34-39,53,58H,9,11,13,16,18,21-22,24-25,49H2,1-3H3,(H,51,55)/t26-,34?,35?,36?,37+,38+,39+,44+,45+,46?,47+/m1/s1. The number of nitrogens with zero attached hydrogens (tertiary/aromatic N) is 1. The van der Waals surface area contributed by atoms with Crippen molar-refractivity contribution in [1.29, 1.82) is 0 Å². The molecule has 13 heteroatoms. The van der Waals surface area contributed by atoms with Crippen LogP contribution in [-0.4, -0.2) is 75.1 Å². The number of esters is 2. The molecule has 60 heavy (non-hydrogen) atoms. The molecular formula is C47H52FN3O9. The van der Waals surface area contributed by atoms with E-state index < -0.39 is 88.0 Å². The Labute approximate surface area is 347 Å². The van der Waals surface area contributed by atoms with Gasteiger partial charge in [0.2, 0.25) is 11.7 Å². The summed E-state index contributed by atoms with van der Waals surface area (Å²) in [7, 11) is 0. The quantitative estimate of drug-likeness (QED) is 0.170. The molecule has 0 bridgehead atoms. The Morgan fingerprint density at radius 2 is 1.73 bits per heavy atom. The number of alkyl halides is 1. The molecule has 4 saturated carbocycles. The van der Waals surface area contributed by atoms with E-state index >= 15 is 4.39 Å². The molecule has 3 aromatic rings. The van der Waals surface area contributed by atoms with Crippen LogP contribution in [0.3, 0.4) is 0 Å². The predicted molar refractivity (Wildman–Crippen MR) is 218 cm³/mol. The van der Waals surface area contributed by atoms with Crippen molar-refractivity contribution < 1.29 is 48.0 Å². The van der Waals surface area contributed by atoms with Gasteiger partial charge in [-0.3, -0.25) is 29.0 Å². The zero-order valence-corrected chi connectivity index (χ0v) is 34.1. The zero-order valence-electron chi connectivity index (χ0n) is 34.1. The summed E-state index contributed by atoms with van der Waals surface area (Å²) in [5.74, 6) is -6.28. The van der Waals surface area contributed by atoms with Gasteiger partial charge in [0.05, 0.1) is 23.9 Å². The lowest BCUT2D eigenvalue weighted by Gasteiger charge is -2.62. The van der Waals surface area contributed by atoms with Gasteiger partial charge in [0.25, 0.3) is 0 Å². The van der Waals surface area contributed by atoms with E-state index in [1.54, 1.807) is 63.5 Å². The van der Waals surface area contributed by atoms with Crippen LogP contribution in [0, 0.1) is 40.4 Å². The molecule has 1 amide bonds. The number of Topliss-reactive ketones (excluding diaryl/α,β-unsaturated/α-hetero) is 1. The molecule has 0 saturated heterocycles. The summed E-state index contributed by atoms with van der Waals surface area (Å²) in [6, 6.07) is 14.6. The van der Waals surface area contributed by atoms with E-state index in [1.807, 2.05) is 24.3 Å². The fraction of sp³-hybridized carbons (Fsp3) is 0.489. The largest absolute Gasteiger partial charge is 0.461 e. The van der Waals surface area contributed by atoms with E-state index in [2.05, 4.69) is 10.3 Å². The number of benzene rings is 2. The maximum Gasteiger partial charge on any atom is 0.310 e. The highest BCUT2D eigenvalue weighted by Crippen LogP contribution is 2.70. The summed E-state index contributed by atoms with van der Waals surface area (Å²) < 4.78 is 28.4. The lowest BCUT2D eigenvalue weighted by Crippen LogP contribution is -2.69. The first-order valence-electron chi connectivity index (χ1n) is 20.9. The Hall–Kier alpha value is -5.11. The number of hydrogen-bond acceptors (Lipinski definition) is 11. The minimum atomic E-state index is -2.11. The Bertz CT molecular complexity index is 2310. The molecule has 5 aliphatic rings. The molecule has 12 nitrogen and oxygen atoms in total. The van der Waals surface area contributed by atoms with Gasteiger partial charge in [0.1, 0.15) is 12.2 Å². The van der Waals surface area contributed by atoms with Crippen molar-refractivity contribution in [1.82, 2.24) is 4.98 Å². The number of aromatic nitrogens is 1. The van der Waals surface area contributed by atoms with E-state index in [9.17, 15) is 34.2 Å². The van der Waals surface area contributed by atoms with Crippen LogP contribution in [-0.2, 0) is 40.1 Å². The number of carbonyl (C=O) groups excluding carboxylic acids is 5. The summed E-state index contributed by atoms with van der Waals surface area (Å²) >= 11 is 0. The van der Waals surface area contributed by atoms with Crippen molar-refractivity contribution in [3.05, 3.63) is 95.9 Å². The highest BCUT2D eigenvalue weighted by molar-refractivity contribution is 6.01. The normalized spacial score (nSPS) is 34.4. The third-order valence-electron chi connectivity index (χ3n) is 14.8. The van der Waals surface area contributed by atoms with Crippen molar-refractivity contribution >= 4 is 45.9 Å². The summed E-state index contributed by atoms with van der Waals surface area (Å²) in [6.45, 7) is 4.67. The number of anilines is 1. The van der Waals surface area contributed by atoms with Gasteiger partial charge in [-0.15, -0.1) is 0 Å². The number of ketones is 2. The van der Waals surface area contributed by atoms with Gasteiger partial charge in [-0.1, -0.05) is 55.8 Å². The van der Waals surface area contributed by atoms with Crippen molar-refractivity contribution in [3.8, 4) is 0 Å². The topological polar surface area (TPSA) is 195 Å². The summed E-state index contributed by atoms with van der Waals surface area (Å²) in [6.07, 6.45) is 7.86. The second-order valence-corrected chi connectivity index (χ2v) is 18.1. The number of pyridine rings is 1. The molecule has 0 aliphatic heterocycles. The monoisotopic (exact) mass is 821 g/mol. The molecule has 5 aliphatic carbocycles. The number of rotatable bonds is 12. The first-order chi connectivity index (χ1) is 28.5. The molecule has 316 valence electrons. The van der Waals surface area contributed by atoms with Crippen LogP contribution < -0.4 is 11.1 Å². The maximum atomic E-state index is 17.5. The zero-order chi connectivity index (χ0) is 42.8. The van der Waals surface area contributed by atoms with E-state index in [0.29, 0.717) is 49.1 Å². The summed E-state index contributed by atoms with van der Waals surface area (Å²) in [5.41, 5.74) is 2.08. The van der Waals surface area contributed by atoms with E-state index in [4.69, 9.17) is 15.2 Å². The number of carbonyl (C=O) groups is 5. The first-order valence-corrected chi connectivity index (χ1v) is 20.9. The second-order valence-electron chi connectivity index (χ2n) is 18.1. The molecule has 5 N–H and O–H groups in total. The average molecular weight is 822 g/mol. The van der Waals surface area contributed by atoms with Gasteiger partial charge in [0.15, 0.2) is 18.1 Å². The van der Waals surface area contributed by atoms with Gasteiger partial charge >= 0.3 is 11.9 Å². The molecule has 4 unspecified atom stereocenters. The van der Waals surface area contributed by atoms with Crippen LogP contribution in [0.15, 0.2) is 84.7 Å². The molecule has 0 spiro atoms. The number of aliphatic hydroxyl groups excluding tert-OH is 1. The Kier molecular flexibility index (Phi) is 10.7. The number of amides is 1. The molecule has 1 heterocycles. The number of nitrogens with two attached hydrogens (primary N) is 1. The number of nitrogens with one attached hydrogen (secondary N) is 1. The third-order valence-corrected chi connectivity index (χ3v) is 14.8. The summed E-state index contributed by atoms with van der Waals surface area (Å²) in [4.78, 5) is 69.6. The Morgan fingerprint density at radius 3 is 2.47 bits per heavy atom. The van der Waals surface area contributed by atoms with E-state index in [0.717, 1.165) is 16.3 Å². The molecule has 8 rings (SSSR count). The SMILES string of the molecule is C[C@@H]1C[C@H]2[C@@H]3CCC4=CC(=O)C=C[C@]4(C)C3(F)[C@@H](O)C[C@]2(C)[C@@]1(O)C(=O)COC(=O)C1CC1C(=O)OCc1ccc(C(CCN)C(=O)Nc2ccc3cnccc3c2)cc1. The second kappa shape index (κ2) is 15.4. The minimum Gasteiger partial charge on any atom is -0.461 e. The maximum absolute atomic E-state index is 17.5. The van der Waals surface area contributed by atoms with Crippen LogP contribution in [0.1, 0.15) is 76.3 Å². The van der Waals surface area contributed by atoms with Gasteiger partial charge in [-0.2, -0.15) is 0 Å². The number of allylic oxidation sites excluding steroid dienone is 4. The molecule has 4 fully saturated rings. The molecule has 1 aromatic heterocycles. The third kappa shape index (κ3) is 6.69. The lowest BCUT2D eigenvalue weighted by molar-refractivity contribution is -0.220. The van der Waals surface area contributed by atoms with Crippen molar-refractivity contribution in [2.75, 3.05) is 18.5 Å². The number of fused-ring (bicyclic) bond motifs is 6. The van der Waals surface area contributed by atoms with E-state index in [1.165, 1.54) is 12.2 Å². The van der Waals surface area contributed by atoms with Crippen LogP contribution in [0.25, 0.3) is 10.8 Å². The van der Waals surface area contributed by atoms with Crippen LogP contribution in [0.2, 0.25) is 0 Å². The number of halogens is 1. The van der Waals surface area contributed by atoms with Crippen LogP contribution in [0.5, 0.6) is 0 Å². The molecular weight excluding hydrogens is 770 g/mol. The molecule has 2 aromatic carbocycles. The number of aliphatic hydroxyl groups is 2. The van der Waals surface area contributed by atoms with Crippen LogP contribution >= 0.6 is 0 Å². The van der Waals surface area contributed by atoms with Crippen LogP contribution in [0.4, 0.5) is 10.1 Å². The highest BCUT2D eigenvalue weighted by Gasteiger charge is 2.75. The smallest absolute Gasteiger partial charge is 0.310 e. The first kappa shape index (κ1) is 41.6. The van der Waals surface area contributed by atoms with Gasteiger partial charge < -0.3 is 30.7 Å². The van der Waals surface area contributed by atoms with Gasteiger partial charge in [0, 0.05) is 40.2 Å². The summed E-state index contributed by atoms with van der Waals surface area (Å²) in [5, 5.41) is 28.7. The fourth-order valence-corrected chi connectivity index (χ4v) is 11.3. The molecule has 11 atom stereocenters. The Morgan fingerprint density at radius 1 is 1.00 bits per heavy atom. The Balaban J connectivity index is 0.840. The van der Waals surface area contributed by atoms with E-state index in [-0.39, 0.29) is 31.1 Å². The van der Waals surface area contributed by atoms with Crippen molar-refractivity contribution in [3.63, 3.8) is 0 Å². The van der Waals surface area contributed by atoms with Gasteiger partial charge in [-0.05, 0) is 111 Å². The minimum absolute atomic E-state index is 0.0571. The van der Waals surface area contributed by atoms with Crippen molar-refractivity contribution in [2.24, 2.45) is 46.2 Å². The predicted octanol–water partition coefficient (Wildman–Crippen LogP) is 5.45. The average Bonchev–Trinajstić information content (AvgIpc) is 4.01. The fourth-order valence-electron chi connectivity index (χ4n) is 11.3. The number of hydrogen-bond donors (Lipinski definition) is 4. The van der Waals surface area contributed by atoms with Gasteiger partial charge in [-0.25, -0.2) is 4.39 Å². The molecule has 0 radical (unpaired) electrons. The number of ether oxygens (including phenoxy) is 2. The van der Waals surface area contributed by atoms with Crippen molar-refractivity contribution in [2.45, 2.75) is 89.2 Å². The lowest BCUT2D eigenvalue weighted by atomic mass is 9.44. The highest BCUT2D eigenvalue weighted by atomic mass is 19.1.